The van der Waals surface area contributed by atoms with E-state index in [-0.39, 0.29) is 11.6 Å². The molecule has 1 aromatic heterocycles. The Bertz CT molecular complexity index is 848. The first kappa shape index (κ1) is 14.6. The Labute approximate surface area is 136 Å². The highest BCUT2D eigenvalue weighted by molar-refractivity contribution is 14.1. The number of imidazole rings is 1. The van der Waals surface area contributed by atoms with Crippen LogP contribution in [0.25, 0.3) is 16.7 Å². The van der Waals surface area contributed by atoms with Gasteiger partial charge in [0.1, 0.15) is 23.3 Å². The first-order valence-electron chi connectivity index (χ1n) is 5.89. The molecule has 0 aliphatic rings. The fourth-order valence-corrected chi connectivity index (χ4v) is 2.77. The molecule has 0 spiro atoms. The van der Waals surface area contributed by atoms with Crippen molar-refractivity contribution in [3.05, 3.63) is 57.2 Å². The van der Waals surface area contributed by atoms with Gasteiger partial charge in [-0.2, -0.15) is 0 Å². The lowest BCUT2D eigenvalue weighted by Crippen LogP contribution is -2.02. The van der Waals surface area contributed by atoms with E-state index in [2.05, 4.69) is 4.98 Å². The maximum Gasteiger partial charge on any atom is 0.150 e. The van der Waals surface area contributed by atoms with E-state index in [1.807, 2.05) is 22.6 Å². The average Bonchev–Trinajstić information content (AvgIpc) is 2.77. The highest BCUT2D eigenvalue weighted by atomic mass is 127. The van der Waals surface area contributed by atoms with Crippen LogP contribution in [0.5, 0.6) is 0 Å². The van der Waals surface area contributed by atoms with Crippen molar-refractivity contribution in [3.63, 3.8) is 0 Å². The van der Waals surface area contributed by atoms with Gasteiger partial charge in [-0.15, -0.1) is 11.6 Å². The quantitative estimate of drug-likeness (QED) is 0.429. The Kier molecular flexibility index (Phi) is 3.83. The minimum Gasteiger partial charge on any atom is -0.292 e. The fraction of sp³-hybridized carbons (Fsp3) is 0.0714. The van der Waals surface area contributed by atoms with Crippen LogP contribution in [-0.4, -0.2) is 9.55 Å². The van der Waals surface area contributed by atoms with Crippen LogP contribution in [0.3, 0.4) is 0 Å². The van der Waals surface area contributed by atoms with Gasteiger partial charge in [0.2, 0.25) is 0 Å². The molecule has 3 rings (SSSR count). The minimum atomic E-state index is -0.764. The summed E-state index contributed by atoms with van der Waals surface area (Å²) >= 11 is 7.69. The molecule has 0 aliphatic carbocycles. The number of nitrogens with zero attached hydrogens (tertiary/aromatic N) is 2. The van der Waals surface area contributed by atoms with Gasteiger partial charge in [0.15, 0.2) is 0 Å². The molecule has 0 N–H and O–H groups in total. The molecule has 0 fully saturated rings. The zero-order chi connectivity index (χ0) is 15.1. The molecule has 2 nitrogen and oxygen atoms in total. The van der Waals surface area contributed by atoms with Crippen molar-refractivity contribution in [2.24, 2.45) is 0 Å². The van der Waals surface area contributed by atoms with E-state index in [0.717, 1.165) is 12.1 Å². The Morgan fingerprint density at radius 3 is 2.52 bits per heavy atom. The molecule has 2 aromatic carbocycles. The predicted octanol–water partition coefficient (Wildman–Crippen LogP) is 4.79. The number of rotatable bonds is 2. The smallest absolute Gasteiger partial charge is 0.150 e. The SMILES string of the molecule is Fc1ccc(-n2c(CCl)nc3cc(I)c(F)cc32)c(F)c1. The lowest BCUT2D eigenvalue weighted by Gasteiger charge is -2.09. The van der Waals surface area contributed by atoms with E-state index in [4.69, 9.17) is 11.6 Å². The van der Waals surface area contributed by atoms with Crippen molar-refractivity contribution in [1.29, 1.82) is 0 Å². The molecule has 7 heteroatoms. The second-order valence-electron chi connectivity index (χ2n) is 4.35. The first-order chi connectivity index (χ1) is 10.0. The zero-order valence-electron chi connectivity index (χ0n) is 10.4. The number of alkyl halides is 1. The zero-order valence-corrected chi connectivity index (χ0v) is 13.3. The van der Waals surface area contributed by atoms with E-state index in [0.29, 0.717) is 20.4 Å². The molecule has 0 unspecified atom stereocenters. The summed E-state index contributed by atoms with van der Waals surface area (Å²) < 4.78 is 42.7. The highest BCUT2D eigenvalue weighted by Crippen LogP contribution is 2.27. The van der Waals surface area contributed by atoms with Crippen LogP contribution in [0.2, 0.25) is 0 Å². The number of aromatic nitrogens is 2. The predicted molar refractivity (Wildman–Crippen MR) is 83.2 cm³/mol. The van der Waals surface area contributed by atoms with E-state index in [1.54, 1.807) is 6.07 Å². The second-order valence-corrected chi connectivity index (χ2v) is 5.78. The molecule has 0 amide bonds. The highest BCUT2D eigenvalue weighted by Gasteiger charge is 2.17. The Morgan fingerprint density at radius 2 is 1.86 bits per heavy atom. The second kappa shape index (κ2) is 5.49. The summed E-state index contributed by atoms with van der Waals surface area (Å²) in [6.45, 7) is 0. The molecule has 0 aliphatic heterocycles. The van der Waals surface area contributed by atoms with Crippen LogP contribution in [-0.2, 0) is 5.88 Å². The van der Waals surface area contributed by atoms with E-state index in [1.165, 1.54) is 16.7 Å². The summed E-state index contributed by atoms with van der Waals surface area (Å²) in [5.41, 5.74) is 0.962. The van der Waals surface area contributed by atoms with Gasteiger partial charge in [-0.05, 0) is 40.8 Å². The maximum atomic E-state index is 14.0. The van der Waals surface area contributed by atoms with Crippen LogP contribution in [0.1, 0.15) is 5.82 Å². The van der Waals surface area contributed by atoms with Gasteiger partial charge >= 0.3 is 0 Å². The molecular weight excluding hydrogens is 416 g/mol. The lowest BCUT2D eigenvalue weighted by molar-refractivity contribution is 0.577. The summed E-state index contributed by atoms with van der Waals surface area (Å²) in [6.07, 6.45) is 0. The molecule has 21 heavy (non-hydrogen) atoms. The number of benzene rings is 2. The van der Waals surface area contributed by atoms with Gasteiger partial charge in [-0.3, -0.25) is 4.57 Å². The molecule has 3 aromatic rings. The number of halogens is 5. The van der Waals surface area contributed by atoms with Gasteiger partial charge < -0.3 is 0 Å². The summed E-state index contributed by atoms with van der Waals surface area (Å²) in [7, 11) is 0. The topological polar surface area (TPSA) is 17.8 Å². The number of hydrogen-bond donors (Lipinski definition) is 0. The van der Waals surface area contributed by atoms with E-state index >= 15 is 0 Å². The maximum absolute atomic E-state index is 14.0. The minimum absolute atomic E-state index is 0.0176. The van der Waals surface area contributed by atoms with Crippen LogP contribution in [0.4, 0.5) is 13.2 Å². The van der Waals surface area contributed by atoms with Crippen molar-refractivity contribution >= 4 is 45.2 Å². The van der Waals surface area contributed by atoms with Crippen molar-refractivity contribution in [2.45, 2.75) is 5.88 Å². The van der Waals surface area contributed by atoms with Gasteiger partial charge in [0, 0.05) is 12.1 Å². The molecule has 0 saturated carbocycles. The monoisotopic (exact) mass is 422 g/mol. The molecule has 0 bridgehead atoms. The standard InChI is InChI=1S/C14H7ClF3IN2/c15-6-14-20-11-5-10(19)8(17)4-13(11)21(14)12-2-1-7(16)3-9(12)18/h1-5H,6H2. The molecular formula is C14H7ClF3IN2. The van der Waals surface area contributed by atoms with Crippen LogP contribution < -0.4 is 0 Å². The van der Waals surface area contributed by atoms with Gasteiger partial charge in [-0.1, -0.05) is 0 Å². The van der Waals surface area contributed by atoms with Gasteiger partial charge in [0.05, 0.1) is 26.2 Å². The van der Waals surface area contributed by atoms with Crippen molar-refractivity contribution in [1.82, 2.24) is 9.55 Å². The van der Waals surface area contributed by atoms with Crippen molar-refractivity contribution < 1.29 is 13.2 Å². The number of hydrogen-bond acceptors (Lipinski definition) is 1. The number of fused-ring (bicyclic) bond motifs is 1. The Balaban J connectivity index is 2.37. The van der Waals surface area contributed by atoms with Gasteiger partial charge in [0.25, 0.3) is 0 Å². The Hall–Kier alpha value is -1.28. The van der Waals surface area contributed by atoms with E-state index < -0.39 is 17.5 Å². The van der Waals surface area contributed by atoms with Crippen molar-refractivity contribution in [2.75, 3.05) is 0 Å². The largest absolute Gasteiger partial charge is 0.292 e. The molecule has 1 heterocycles. The Morgan fingerprint density at radius 1 is 1.10 bits per heavy atom. The average molecular weight is 423 g/mol. The fourth-order valence-electron chi connectivity index (χ4n) is 2.14. The van der Waals surface area contributed by atoms with Crippen LogP contribution >= 0.6 is 34.2 Å². The lowest BCUT2D eigenvalue weighted by atomic mass is 10.2. The first-order valence-corrected chi connectivity index (χ1v) is 7.50. The molecule has 0 radical (unpaired) electrons. The van der Waals surface area contributed by atoms with Gasteiger partial charge in [-0.25, -0.2) is 18.2 Å². The molecule has 0 saturated heterocycles. The summed E-state index contributed by atoms with van der Waals surface area (Å²) in [5, 5.41) is 0. The summed E-state index contributed by atoms with van der Waals surface area (Å²) in [4.78, 5) is 4.27. The third kappa shape index (κ3) is 2.50. The van der Waals surface area contributed by atoms with Crippen LogP contribution in [0, 0.1) is 21.0 Å². The third-order valence-electron chi connectivity index (χ3n) is 3.04. The third-order valence-corrected chi connectivity index (χ3v) is 4.10. The molecule has 108 valence electrons. The normalized spacial score (nSPS) is 11.3. The van der Waals surface area contributed by atoms with E-state index in [9.17, 15) is 13.2 Å². The van der Waals surface area contributed by atoms with Crippen molar-refractivity contribution in [3.8, 4) is 5.69 Å². The van der Waals surface area contributed by atoms with Crippen LogP contribution in [0.15, 0.2) is 30.3 Å². The summed E-state index contributed by atoms with van der Waals surface area (Å²) in [6, 6.07) is 5.99. The molecule has 0 atom stereocenters. The summed E-state index contributed by atoms with van der Waals surface area (Å²) in [5.74, 6) is -1.51.